The molecule has 0 spiro atoms. The van der Waals surface area contributed by atoms with E-state index in [0.29, 0.717) is 6.42 Å². The lowest BCUT2D eigenvalue weighted by Gasteiger charge is -2.15. The lowest BCUT2D eigenvalue weighted by molar-refractivity contribution is -0.142. The van der Waals surface area contributed by atoms with Crippen LogP contribution in [-0.2, 0) is 19.4 Å². The largest absolute Gasteiger partial charge is 0.465 e. The number of hydrogen-bond donors (Lipinski definition) is 0. The number of carbonyl (C=O) groups excluding carboxylic acids is 1. The Morgan fingerprint density at radius 2 is 2.00 bits per heavy atom. The average Bonchev–Trinajstić information content (AvgIpc) is 2.48. The molecule has 0 aromatic carbocycles. The zero-order valence-electron chi connectivity index (χ0n) is 12.6. The summed E-state index contributed by atoms with van der Waals surface area (Å²) < 4.78 is 30.0. The van der Waals surface area contributed by atoms with Crippen LogP contribution in [0.5, 0.6) is 0 Å². The minimum atomic E-state index is -3.80. The van der Waals surface area contributed by atoms with Gasteiger partial charge in [0.2, 0.25) is 9.84 Å². The van der Waals surface area contributed by atoms with Crippen LogP contribution in [0.15, 0.2) is 29.4 Å². The lowest BCUT2D eigenvalue weighted by atomic mass is 10.1. The number of sulfone groups is 1. The highest BCUT2D eigenvalue weighted by Gasteiger charge is 2.35. The van der Waals surface area contributed by atoms with Crippen LogP contribution < -0.4 is 0 Å². The highest BCUT2D eigenvalue weighted by molar-refractivity contribution is 7.92. The summed E-state index contributed by atoms with van der Waals surface area (Å²) in [4.78, 5) is 15.9. The van der Waals surface area contributed by atoms with Gasteiger partial charge in [-0.2, -0.15) is 0 Å². The van der Waals surface area contributed by atoms with Gasteiger partial charge in [-0.25, -0.2) is 13.4 Å². The topological polar surface area (TPSA) is 73.3 Å². The minimum Gasteiger partial charge on any atom is -0.465 e. The van der Waals surface area contributed by atoms with Gasteiger partial charge < -0.3 is 4.74 Å². The molecule has 1 atom stereocenters. The number of aromatic nitrogens is 1. The van der Waals surface area contributed by atoms with Gasteiger partial charge >= 0.3 is 5.97 Å². The molecule has 1 aromatic rings. The third-order valence-electron chi connectivity index (χ3n) is 3.17. The summed E-state index contributed by atoms with van der Waals surface area (Å²) in [5, 5.41) is -1.23. The Morgan fingerprint density at radius 3 is 2.57 bits per heavy atom. The summed E-state index contributed by atoms with van der Waals surface area (Å²) in [5.41, 5.74) is 0. The van der Waals surface area contributed by atoms with Gasteiger partial charge in [-0.1, -0.05) is 38.7 Å². The van der Waals surface area contributed by atoms with Crippen molar-refractivity contribution < 1.29 is 17.9 Å². The van der Waals surface area contributed by atoms with Gasteiger partial charge in [0.1, 0.15) is 0 Å². The van der Waals surface area contributed by atoms with Gasteiger partial charge in [0.25, 0.3) is 0 Å². The van der Waals surface area contributed by atoms with E-state index in [4.69, 9.17) is 4.74 Å². The zero-order valence-corrected chi connectivity index (χ0v) is 13.4. The van der Waals surface area contributed by atoms with Crippen molar-refractivity contribution in [2.45, 2.75) is 56.2 Å². The van der Waals surface area contributed by atoms with Crippen LogP contribution in [0.4, 0.5) is 0 Å². The molecule has 0 aliphatic heterocycles. The average molecular weight is 313 g/mol. The van der Waals surface area contributed by atoms with Crippen molar-refractivity contribution in [3.63, 3.8) is 0 Å². The maximum Gasteiger partial charge on any atom is 0.324 e. The standard InChI is InChI=1S/C15H23NO4S/c1-3-5-6-7-10-13(15(17)20-4-2)21(18,19)14-11-8-9-12-16-14/h8-9,11-13H,3-7,10H2,1-2H3. The molecule has 0 saturated heterocycles. The Bertz CT molecular complexity index is 528. The van der Waals surface area contributed by atoms with Gasteiger partial charge in [0.15, 0.2) is 10.3 Å². The fourth-order valence-electron chi connectivity index (χ4n) is 2.05. The zero-order chi connectivity index (χ0) is 15.7. The monoisotopic (exact) mass is 313 g/mol. The quantitative estimate of drug-likeness (QED) is 0.518. The molecule has 1 heterocycles. The first-order chi connectivity index (χ1) is 10.0. The van der Waals surface area contributed by atoms with Crippen LogP contribution >= 0.6 is 0 Å². The van der Waals surface area contributed by atoms with Gasteiger partial charge in [-0.05, 0) is 25.5 Å². The molecule has 0 radical (unpaired) electrons. The normalized spacial score (nSPS) is 12.9. The van der Waals surface area contributed by atoms with Gasteiger partial charge in [0, 0.05) is 6.20 Å². The molecule has 6 heteroatoms. The smallest absolute Gasteiger partial charge is 0.324 e. The van der Waals surface area contributed by atoms with E-state index in [2.05, 4.69) is 11.9 Å². The molecule has 0 amide bonds. The summed E-state index contributed by atoms with van der Waals surface area (Å²) in [6, 6.07) is 4.65. The molecule has 5 nitrogen and oxygen atoms in total. The molecule has 1 rings (SSSR count). The van der Waals surface area contributed by atoms with Crippen molar-refractivity contribution in [3.8, 4) is 0 Å². The van der Waals surface area contributed by atoms with E-state index in [-0.39, 0.29) is 18.1 Å². The van der Waals surface area contributed by atoms with E-state index in [0.717, 1.165) is 19.3 Å². The van der Waals surface area contributed by atoms with E-state index < -0.39 is 21.1 Å². The molecular weight excluding hydrogens is 290 g/mol. The van der Waals surface area contributed by atoms with Crippen molar-refractivity contribution >= 4 is 15.8 Å². The molecule has 1 unspecified atom stereocenters. The number of unbranched alkanes of at least 4 members (excludes halogenated alkanes) is 3. The van der Waals surface area contributed by atoms with Crippen LogP contribution in [0.3, 0.4) is 0 Å². The van der Waals surface area contributed by atoms with Gasteiger partial charge in [0.05, 0.1) is 6.61 Å². The Labute approximate surface area is 126 Å². The second-order valence-electron chi connectivity index (χ2n) is 4.80. The molecule has 118 valence electrons. The fraction of sp³-hybridized carbons (Fsp3) is 0.600. The maximum absolute atomic E-state index is 12.5. The van der Waals surface area contributed by atoms with Gasteiger partial charge in [-0.15, -0.1) is 0 Å². The first kappa shape index (κ1) is 17.6. The summed E-state index contributed by atoms with van der Waals surface area (Å²) in [6.45, 7) is 3.91. The molecule has 0 fully saturated rings. The third kappa shape index (κ3) is 5.12. The second-order valence-corrected chi connectivity index (χ2v) is 6.88. The first-order valence-electron chi connectivity index (χ1n) is 7.35. The Hall–Kier alpha value is -1.43. The van der Waals surface area contributed by atoms with Crippen LogP contribution in [0.1, 0.15) is 46.0 Å². The number of carbonyl (C=O) groups is 1. The van der Waals surface area contributed by atoms with E-state index in [1.807, 2.05) is 0 Å². The molecule has 0 bridgehead atoms. The Balaban J connectivity index is 2.91. The van der Waals surface area contributed by atoms with E-state index in [9.17, 15) is 13.2 Å². The Kier molecular flexibility index (Phi) is 7.36. The first-order valence-corrected chi connectivity index (χ1v) is 8.90. The number of ether oxygens (including phenoxy) is 1. The summed E-state index contributed by atoms with van der Waals surface area (Å²) >= 11 is 0. The molecule has 21 heavy (non-hydrogen) atoms. The molecule has 0 N–H and O–H groups in total. The molecule has 0 aliphatic rings. The van der Waals surface area contributed by atoms with Crippen molar-refractivity contribution in [1.82, 2.24) is 4.98 Å². The number of rotatable bonds is 9. The molecule has 0 saturated carbocycles. The fourth-order valence-corrected chi connectivity index (χ4v) is 3.62. The van der Waals surface area contributed by atoms with Crippen molar-refractivity contribution in [2.24, 2.45) is 0 Å². The summed E-state index contributed by atoms with van der Waals surface area (Å²) in [6.07, 6.45) is 5.35. The lowest BCUT2D eigenvalue weighted by Crippen LogP contribution is -2.32. The molecule has 0 aliphatic carbocycles. The van der Waals surface area contributed by atoms with E-state index in [1.165, 1.54) is 12.3 Å². The van der Waals surface area contributed by atoms with Crippen molar-refractivity contribution in [2.75, 3.05) is 6.61 Å². The van der Waals surface area contributed by atoms with Gasteiger partial charge in [-0.3, -0.25) is 4.79 Å². The van der Waals surface area contributed by atoms with E-state index >= 15 is 0 Å². The minimum absolute atomic E-state index is 0.0708. The van der Waals surface area contributed by atoms with Crippen LogP contribution in [0, 0.1) is 0 Å². The second kappa shape index (κ2) is 8.77. The molecular formula is C15H23NO4S. The SMILES string of the molecule is CCCCCCC(C(=O)OCC)S(=O)(=O)c1ccccn1. The predicted octanol–water partition coefficient (Wildman–Crippen LogP) is 2.76. The maximum atomic E-state index is 12.5. The van der Waals surface area contributed by atoms with Crippen LogP contribution in [0.2, 0.25) is 0 Å². The molecule has 1 aromatic heterocycles. The van der Waals surface area contributed by atoms with Crippen molar-refractivity contribution in [3.05, 3.63) is 24.4 Å². The van der Waals surface area contributed by atoms with Crippen molar-refractivity contribution in [1.29, 1.82) is 0 Å². The summed E-state index contributed by atoms with van der Waals surface area (Å²) in [7, 11) is -3.80. The van der Waals surface area contributed by atoms with Crippen LogP contribution in [0.25, 0.3) is 0 Å². The third-order valence-corrected chi connectivity index (χ3v) is 5.17. The predicted molar refractivity (Wildman–Crippen MR) is 80.6 cm³/mol. The highest BCUT2D eigenvalue weighted by Crippen LogP contribution is 2.20. The van der Waals surface area contributed by atoms with Crippen LogP contribution in [-0.4, -0.2) is 31.2 Å². The number of hydrogen-bond acceptors (Lipinski definition) is 5. The number of esters is 1. The van der Waals surface area contributed by atoms with E-state index in [1.54, 1.807) is 19.1 Å². The number of pyridine rings is 1. The summed E-state index contributed by atoms with van der Waals surface area (Å²) in [5.74, 6) is -0.681. The Morgan fingerprint density at radius 1 is 1.24 bits per heavy atom. The highest BCUT2D eigenvalue weighted by atomic mass is 32.2. The number of nitrogens with zero attached hydrogens (tertiary/aromatic N) is 1.